The van der Waals surface area contributed by atoms with E-state index >= 15 is 0 Å². The molecule has 0 N–H and O–H groups in total. The predicted molar refractivity (Wildman–Crippen MR) is 97.0 cm³/mol. The lowest BCUT2D eigenvalue weighted by Gasteiger charge is -2.04. The molecule has 2 aromatic carbocycles. The third kappa shape index (κ3) is 4.15. The molecule has 1 heterocycles. The fourth-order valence-electron chi connectivity index (χ4n) is 2.02. The molecule has 0 radical (unpaired) electrons. The SMILES string of the molecule is COc1ccccc1/C=N\n1cnnc1SCc1ccc(Cl)cc1. The highest BCUT2D eigenvalue weighted by Gasteiger charge is 2.05. The molecular weight excluding hydrogens is 344 g/mol. The largest absolute Gasteiger partial charge is 0.496 e. The molecule has 0 atom stereocenters. The normalized spacial score (nSPS) is 11.1. The maximum Gasteiger partial charge on any atom is 0.212 e. The first-order chi connectivity index (χ1) is 11.8. The second-order valence-electron chi connectivity index (χ2n) is 4.86. The van der Waals surface area contributed by atoms with Crippen molar-refractivity contribution in [2.24, 2.45) is 5.10 Å². The van der Waals surface area contributed by atoms with Gasteiger partial charge in [0.2, 0.25) is 5.16 Å². The van der Waals surface area contributed by atoms with E-state index in [-0.39, 0.29) is 0 Å². The van der Waals surface area contributed by atoms with Gasteiger partial charge < -0.3 is 4.74 Å². The zero-order chi connectivity index (χ0) is 16.8. The maximum absolute atomic E-state index is 5.90. The Labute approximate surface area is 149 Å². The van der Waals surface area contributed by atoms with Crippen molar-refractivity contribution < 1.29 is 4.74 Å². The van der Waals surface area contributed by atoms with Crippen LogP contribution in [0.3, 0.4) is 0 Å². The average molecular weight is 359 g/mol. The van der Waals surface area contributed by atoms with Crippen LogP contribution in [0.4, 0.5) is 0 Å². The van der Waals surface area contributed by atoms with E-state index in [4.69, 9.17) is 16.3 Å². The summed E-state index contributed by atoms with van der Waals surface area (Å²) in [7, 11) is 1.64. The number of para-hydroxylation sites is 1. The number of methoxy groups -OCH3 is 1. The number of aromatic nitrogens is 3. The second kappa shape index (κ2) is 7.99. The van der Waals surface area contributed by atoms with Crippen LogP contribution in [-0.2, 0) is 5.75 Å². The smallest absolute Gasteiger partial charge is 0.212 e. The minimum absolute atomic E-state index is 0.719. The van der Waals surface area contributed by atoms with Crippen LogP contribution in [0.25, 0.3) is 0 Å². The molecule has 3 rings (SSSR count). The lowest BCUT2D eigenvalue weighted by molar-refractivity contribution is 0.414. The lowest BCUT2D eigenvalue weighted by Crippen LogP contribution is -1.95. The number of hydrogen-bond donors (Lipinski definition) is 0. The molecule has 0 aliphatic carbocycles. The molecule has 7 heteroatoms. The summed E-state index contributed by atoms with van der Waals surface area (Å²) in [5, 5.41) is 13.9. The van der Waals surface area contributed by atoms with Crippen molar-refractivity contribution >= 4 is 29.6 Å². The third-order valence-electron chi connectivity index (χ3n) is 3.24. The Morgan fingerprint density at radius 1 is 1.21 bits per heavy atom. The first kappa shape index (κ1) is 16.5. The number of ether oxygens (including phenoxy) is 1. The van der Waals surface area contributed by atoms with Gasteiger partial charge in [-0.3, -0.25) is 0 Å². The second-order valence-corrected chi connectivity index (χ2v) is 6.24. The van der Waals surface area contributed by atoms with Gasteiger partial charge in [0.15, 0.2) is 0 Å². The molecule has 0 unspecified atom stereocenters. The monoisotopic (exact) mass is 358 g/mol. The zero-order valence-electron chi connectivity index (χ0n) is 13.0. The van der Waals surface area contributed by atoms with Crippen LogP contribution in [0.1, 0.15) is 11.1 Å². The van der Waals surface area contributed by atoms with Gasteiger partial charge in [-0.05, 0) is 29.8 Å². The summed E-state index contributed by atoms with van der Waals surface area (Å²) < 4.78 is 6.96. The average Bonchev–Trinajstić information content (AvgIpc) is 3.07. The fraction of sp³-hybridized carbons (Fsp3) is 0.118. The van der Waals surface area contributed by atoms with Gasteiger partial charge in [0.25, 0.3) is 0 Å². The molecule has 24 heavy (non-hydrogen) atoms. The van der Waals surface area contributed by atoms with Crippen molar-refractivity contribution in [2.45, 2.75) is 10.9 Å². The van der Waals surface area contributed by atoms with Gasteiger partial charge in [0, 0.05) is 16.3 Å². The first-order valence-corrected chi connectivity index (χ1v) is 8.57. The Morgan fingerprint density at radius 3 is 2.79 bits per heavy atom. The van der Waals surface area contributed by atoms with Gasteiger partial charge in [0.1, 0.15) is 12.1 Å². The van der Waals surface area contributed by atoms with E-state index in [0.717, 1.165) is 32.8 Å². The maximum atomic E-state index is 5.90. The molecule has 0 spiro atoms. The summed E-state index contributed by atoms with van der Waals surface area (Å²) in [4.78, 5) is 0. The molecule has 0 amide bonds. The van der Waals surface area contributed by atoms with Crippen LogP contribution in [0.15, 0.2) is 65.1 Å². The summed E-state index contributed by atoms with van der Waals surface area (Å²) in [5.41, 5.74) is 2.05. The molecular formula is C17H15ClN4OS. The zero-order valence-corrected chi connectivity index (χ0v) is 14.5. The fourth-order valence-corrected chi connectivity index (χ4v) is 2.97. The van der Waals surface area contributed by atoms with E-state index in [2.05, 4.69) is 15.3 Å². The number of nitrogens with zero attached hydrogens (tertiary/aromatic N) is 4. The number of thioether (sulfide) groups is 1. The Kier molecular flexibility index (Phi) is 5.51. The molecule has 122 valence electrons. The van der Waals surface area contributed by atoms with Crippen LogP contribution in [0, 0.1) is 0 Å². The van der Waals surface area contributed by atoms with Crippen molar-refractivity contribution in [1.29, 1.82) is 0 Å². The highest BCUT2D eigenvalue weighted by atomic mass is 35.5. The summed E-state index contributed by atoms with van der Waals surface area (Å²) >= 11 is 7.46. The first-order valence-electron chi connectivity index (χ1n) is 7.21. The van der Waals surface area contributed by atoms with Gasteiger partial charge in [-0.15, -0.1) is 10.2 Å². The molecule has 0 saturated heterocycles. The van der Waals surface area contributed by atoms with E-state index < -0.39 is 0 Å². The van der Waals surface area contributed by atoms with Crippen molar-refractivity contribution in [3.63, 3.8) is 0 Å². The summed E-state index contributed by atoms with van der Waals surface area (Å²) in [5.74, 6) is 1.53. The molecule has 0 fully saturated rings. The Hall–Kier alpha value is -2.31. The molecule has 0 saturated carbocycles. The topological polar surface area (TPSA) is 52.3 Å². The van der Waals surface area contributed by atoms with Gasteiger partial charge in [-0.25, -0.2) is 0 Å². The van der Waals surface area contributed by atoms with E-state index in [0.29, 0.717) is 0 Å². The minimum Gasteiger partial charge on any atom is -0.496 e. The van der Waals surface area contributed by atoms with Crippen molar-refractivity contribution in [3.8, 4) is 5.75 Å². The van der Waals surface area contributed by atoms with E-state index in [9.17, 15) is 0 Å². The minimum atomic E-state index is 0.719. The van der Waals surface area contributed by atoms with Crippen LogP contribution in [0.5, 0.6) is 5.75 Å². The van der Waals surface area contributed by atoms with Crippen molar-refractivity contribution in [2.75, 3.05) is 7.11 Å². The molecule has 5 nitrogen and oxygen atoms in total. The molecule has 1 aromatic heterocycles. The highest BCUT2D eigenvalue weighted by molar-refractivity contribution is 7.98. The van der Waals surface area contributed by atoms with Gasteiger partial charge in [-0.2, -0.15) is 9.78 Å². The Bertz CT molecular complexity index is 833. The van der Waals surface area contributed by atoms with Gasteiger partial charge in [-0.1, -0.05) is 47.6 Å². The molecule has 3 aromatic rings. The van der Waals surface area contributed by atoms with Gasteiger partial charge in [0.05, 0.1) is 13.3 Å². The quantitative estimate of drug-likeness (QED) is 0.491. The highest BCUT2D eigenvalue weighted by Crippen LogP contribution is 2.22. The van der Waals surface area contributed by atoms with Crippen molar-refractivity contribution in [3.05, 3.63) is 71.0 Å². The molecule has 0 bridgehead atoms. The molecule has 0 aliphatic rings. The van der Waals surface area contributed by atoms with Crippen LogP contribution >= 0.6 is 23.4 Å². The number of halogens is 1. The Morgan fingerprint density at radius 2 is 2.00 bits per heavy atom. The number of hydrogen-bond acceptors (Lipinski definition) is 5. The van der Waals surface area contributed by atoms with Crippen LogP contribution in [0.2, 0.25) is 5.02 Å². The summed E-state index contributed by atoms with van der Waals surface area (Å²) in [6.07, 6.45) is 3.31. The summed E-state index contributed by atoms with van der Waals surface area (Å²) in [6, 6.07) is 15.4. The van der Waals surface area contributed by atoms with Crippen LogP contribution in [-0.4, -0.2) is 28.2 Å². The van der Waals surface area contributed by atoms with Gasteiger partial charge >= 0.3 is 0 Å². The molecule has 0 aliphatic heterocycles. The number of rotatable bonds is 6. The van der Waals surface area contributed by atoms with Crippen molar-refractivity contribution in [1.82, 2.24) is 14.9 Å². The predicted octanol–water partition coefficient (Wildman–Crippen LogP) is 4.11. The third-order valence-corrected chi connectivity index (χ3v) is 4.50. The standard InChI is InChI=1S/C17H15ClN4OS/c1-23-16-5-3-2-4-14(16)10-20-22-12-19-21-17(22)24-11-13-6-8-15(18)9-7-13/h2-10,12H,11H2,1H3/b20-10-. The lowest BCUT2D eigenvalue weighted by atomic mass is 10.2. The van der Waals surface area contributed by atoms with Crippen LogP contribution < -0.4 is 4.74 Å². The summed E-state index contributed by atoms with van der Waals surface area (Å²) in [6.45, 7) is 0. The van der Waals surface area contributed by atoms with E-state index in [1.165, 1.54) is 0 Å². The van der Waals surface area contributed by atoms with E-state index in [1.807, 2.05) is 48.5 Å². The number of benzene rings is 2. The Balaban J connectivity index is 1.71. The van der Waals surface area contributed by atoms with E-state index in [1.54, 1.807) is 36.1 Å².